The number of benzene rings is 2. The fourth-order valence-corrected chi connectivity index (χ4v) is 3.32. The van der Waals surface area contributed by atoms with Gasteiger partial charge in [0.15, 0.2) is 0 Å². The third kappa shape index (κ3) is 3.63. The number of ether oxygens (including phenoxy) is 1. The standard InChI is InChI=1S/C19H18ClN3O5/c1-12-18(24)22(16-11-14(20)5-8-17(16)28-2)10-9-21(12)19(25)13-3-6-15(7-4-13)23(26)27/h3-8,11-12H,9-10H2,1-2H3. The summed E-state index contributed by atoms with van der Waals surface area (Å²) in [7, 11) is 1.51. The molecule has 28 heavy (non-hydrogen) atoms. The average Bonchev–Trinajstić information content (AvgIpc) is 2.69. The largest absolute Gasteiger partial charge is 0.495 e. The molecule has 2 aromatic rings. The summed E-state index contributed by atoms with van der Waals surface area (Å²) in [6.45, 7) is 2.23. The maximum absolute atomic E-state index is 12.9. The number of methoxy groups -OCH3 is 1. The van der Waals surface area contributed by atoms with Gasteiger partial charge in [-0.25, -0.2) is 0 Å². The van der Waals surface area contributed by atoms with E-state index in [9.17, 15) is 19.7 Å². The maximum Gasteiger partial charge on any atom is 0.269 e. The van der Waals surface area contributed by atoms with Gasteiger partial charge < -0.3 is 14.5 Å². The molecular weight excluding hydrogens is 386 g/mol. The molecule has 2 aromatic carbocycles. The first-order chi connectivity index (χ1) is 13.3. The van der Waals surface area contributed by atoms with Crippen molar-refractivity contribution in [2.45, 2.75) is 13.0 Å². The van der Waals surface area contributed by atoms with Gasteiger partial charge in [-0.2, -0.15) is 0 Å². The zero-order valence-corrected chi connectivity index (χ0v) is 16.0. The van der Waals surface area contributed by atoms with E-state index in [1.807, 2.05) is 0 Å². The molecule has 0 aliphatic carbocycles. The van der Waals surface area contributed by atoms with Crippen LogP contribution in [0.1, 0.15) is 17.3 Å². The zero-order chi connectivity index (χ0) is 20.4. The van der Waals surface area contributed by atoms with Gasteiger partial charge in [-0.05, 0) is 37.3 Å². The number of halogens is 1. The van der Waals surface area contributed by atoms with E-state index in [2.05, 4.69) is 0 Å². The summed E-state index contributed by atoms with van der Waals surface area (Å²) in [6, 6.07) is 9.63. The Kier molecular flexibility index (Phi) is 5.51. The number of non-ortho nitro benzene ring substituents is 1. The molecule has 0 bridgehead atoms. The monoisotopic (exact) mass is 403 g/mol. The van der Waals surface area contributed by atoms with Crippen LogP contribution in [0.25, 0.3) is 0 Å². The van der Waals surface area contributed by atoms with E-state index in [0.717, 1.165) is 0 Å². The van der Waals surface area contributed by atoms with Crippen molar-refractivity contribution in [1.29, 1.82) is 0 Å². The Morgan fingerprint density at radius 2 is 1.89 bits per heavy atom. The first kappa shape index (κ1) is 19.6. The van der Waals surface area contributed by atoms with E-state index in [4.69, 9.17) is 16.3 Å². The molecule has 0 spiro atoms. The Morgan fingerprint density at radius 3 is 2.50 bits per heavy atom. The minimum Gasteiger partial charge on any atom is -0.495 e. The number of anilines is 1. The molecule has 1 aliphatic heterocycles. The number of nitrogens with zero attached hydrogens (tertiary/aromatic N) is 3. The van der Waals surface area contributed by atoms with Crippen molar-refractivity contribution in [2.75, 3.05) is 25.1 Å². The number of rotatable bonds is 4. The second-order valence-corrected chi connectivity index (χ2v) is 6.72. The lowest BCUT2D eigenvalue weighted by Crippen LogP contribution is -2.57. The molecule has 1 unspecified atom stereocenters. The van der Waals surface area contributed by atoms with Crippen molar-refractivity contribution >= 4 is 34.8 Å². The van der Waals surface area contributed by atoms with Gasteiger partial charge in [0.2, 0.25) is 5.91 Å². The van der Waals surface area contributed by atoms with Crippen molar-refractivity contribution in [1.82, 2.24) is 4.90 Å². The summed E-state index contributed by atoms with van der Waals surface area (Å²) >= 11 is 6.07. The van der Waals surface area contributed by atoms with Gasteiger partial charge >= 0.3 is 0 Å². The second kappa shape index (κ2) is 7.85. The molecule has 0 N–H and O–H groups in total. The number of amides is 2. The molecule has 9 heteroatoms. The highest BCUT2D eigenvalue weighted by atomic mass is 35.5. The van der Waals surface area contributed by atoms with E-state index in [-0.39, 0.29) is 24.0 Å². The van der Waals surface area contributed by atoms with Gasteiger partial charge in [0.1, 0.15) is 11.8 Å². The van der Waals surface area contributed by atoms with Crippen LogP contribution in [-0.2, 0) is 4.79 Å². The molecule has 2 amide bonds. The second-order valence-electron chi connectivity index (χ2n) is 6.28. The van der Waals surface area contributed by atoms with Crippen LogP contribution in [-0.4, -0.2) is 47.9 Å². The number of hydrogen-bond donors (Lipinski definition) is 0. The van der Waals surface area contributed by atoms with Crippen LogP contribution >= 0.6 is 11.6 Å². The summed E-state index contributed by atoms with van der Waals surface area (Å²) in [5, 5.41) is 11.2. The van der Waals surface area contributed by atoms with E-state index in [1.54, 1.807) is 30.0 Å². The van der Waals surface area contributed by atoms with Crippen molar-refractivity contribution < 1.29 is 19.2 Å². The lowest BCUT2D eigenvalue weighted by Gasteiger charge is -2.39. The van der Waals surface area contributed by atoms with Crippen LogP contribution in [0.2, 0.25) is 5.02 Å². The van der Waals surface area contributed by atoms with Crippen molar-refractivity contribution in [3.05, 3.63) is 63.2 Å². The van der Waals surface area contributed by atoms with Crippen molar-refractivity contribution in [3.63, 3.8) is 0 Å². The number of carbonyl (C=O) groups excluding carboxylic acids is 2. The minimum absolute atomic E-state index is 0.0986. The van der Waals surface area contributed by atoms with Gasteiger partial charge in [0.25, 0.3) is 11.6 Å². The average molecular weight is 404 g/mol. The number of carbonyl (C=O) groups is 2. The van der Waals surface area contributed by atoms with Crippen LogP contribution in [0.5, 0.6) is 5.75 Å². The zero-order valence-electron chi connectivity index (χ0n) is 15.3. The highest BCUT2D eigenvalue weighted by molar-refractivity contribution is 6.31. The fraction of sp³-hybridized carbons (Fsp3) is 0.263. The summed E-state index contributed by atoms with van der Waals surface area (Å²) in [6.07, 6.45) is 0. The Bertz CT molecular complexity index is 932. The summed E-state index contributed by atoms with van der Waals surface area (Å²) in [5.41, 5.74) is 0.742. The van der Waals surface area contributed by atoms with Crippen LogP contribution < -0.4 is 9.64 Å². The molecule has 1 fully saturated rings. The molecule has 0 aromatic heterocycles. The van der Waals surface area contributed by atoms with Gasteiger partial charge in [-0.1, -0.05) is 11.6 Å². The topological polar surface area (TPSA) is 93.0 Å². The van der Waals surface area contributed by atoms with Crippen LogP contribution in [0, 0.1) is 10.1 Å². The molecule has 146 valence electrons. The Labute approximate surface area is 166 Å². The van der Waals surface area contributed by atoms with Gasteiger partial charge in [-0.15, -0.1) is 0 Å². The predicted octanol–water partition coefficient (Wildman–Crippen LogP) is 3.13. The molecule has 8 nitrogen and oxygen atoms in total. The maximum atomic E-state index is 12.9. The van der Waals surface area contributed by atoms with E-state index in [1.165, 1.54) is 36.3 Å². The first-order valence-electron chi connectivity index (χ1n) is 8.54. The minimum atomic E-state index is -0.708. The molecule has 1 saturated heterocycles. The highest BCUT2D eigenvalue weighted by Gasteiger charge is 2.36. The van der Waals surface area contributed by atoms with Gasteiger partial charge in [0, 0.05) is 35.8 Å². The number of piperazine rings is 1. The van der Waals surface area contributed by atoms with Crippen LogP contribution in [0.4, 0.5) is 11.4 Å². The molecule has 1 aliphatic rings. The predicted molar refractivity (Wildman–Crippen MR) is 104 cm³/mol. The Hall–Kier alpha value is -3.13. The van der Waals surface area contributed by atoms with Gasteiger partial charge in [-0.3, -0.25) is 19.7 Å². The van der Waals surface area contributed by atoms with Crippen molar-refractivity contribution in [3.8, 4) is 5.75 Å². The molecule has 0 saturated carbocycles. The summed E-state index contributed by atoms with van der Waals surface area (Å²) in [4.78, 5) is 39.0. The van der Waals surface area contributed by atoms with E-state index in [0.29, 0.717) is 28.6 Å². The van der Waals surface area contributed by atoms with Crippen molar-refractivity contribution in [2.24, 2.45) is 0 Å². The normalized spacial score (nSPS) is 16.8. The SMILES string of the molecule is COc1ccc(Cl)cc1N1CCN(C(=O)c2ccc([N+](=O)[O-])cc2)C(C)C1=O. The lowest BCUT2D eigenvalue weighted by molar-refractivity contribution is -0.384. The smallest absolute Gasteiger partial charge is 0.269 e. The van der Waals surface area contributed by atoms with E-state index < -0.39 is 11.0 Å². The van der Waals surface area contributed by atoms with Crippen LogP contribution in [0.15, 0.2) is 42.5 Å². The molecule has 1 heterocycles. The molecule has 0 radical (unpaired) electrons. The van der Waals surface area contributed by atoms with Gasteiger partial charge in [0.05, 0.1) is 17.7 Å². The van der Waals surface area contributed by atoms with Crippen LogP contribution in [0.3, 0.4) is 0 Å². The molecule has 3 rings (SSSR count). The van der Waals surface area contributed by atoms with E-state index >= 15 is 0 Å². The summed E-state index contributed by atoms with van der Waals surface area (Å²) < 4.78 is 5.32. The quantitative estimate of drug-likeness (QED) is 0.577. The number of nitro benzene ring substituents is 1. The Morgan fingerprint density at radius 1 is 1.21 bits per heavy atom. The highest BCUT2D eigenvalue weighted by Crippen LogP contribution is 2.33. The number of hydrogen-bond acceptors (Lipinski definition) is 5. The Balaban J connectivity index is 1.82. The molecular formula is C19H18ClN3O5. The number of nitro groups is 1. The summed E-state index contributed by atoms with van der Waals surface area (Å²) in [5.74, 6) is -0.101. The fourth-order valence-electron chi connectivity index (χ4n) is 3.15. The lowest BCUT2D eigenvalue weighted by atomic mass is 10.1. The third-order valence-corrected chi connectivity index (χ3v) is 4.91. The first-order valence-corrected chi connectivity index (χ1v) is 8.91. The third-order valence-electron chi connectivity index (χ3n) is 4.67. The molecule has 1 atom stereocenters.